The molecule has 1 aliphatic carbocycles. The molecule has 0 saturated heterocycles. The van der Waals surface area contributed by atoms with Crippen molar-refractivity contribution in [3.05, 3.63) is 65.2 Å². The Morgan fingerprint density at radius 3 is 2.50 bits per heavy atom. The lowest BCUT2D eigenvalue weighted by molar-refractivity contribution is 0.158. The summed E-state index contributed by atoms with van der Waals surface area (Å²) in [6.07, 6.45) is 3.07. The van der Waals surface area contributed by atoms with Crippen molar-refractivity contribution in [1.82, 2.24) is 0 Å². The van der Waals surface area contributed by atoms with Crippen LogP contribution in [0.15, 0.2) is 48.5 Å². The highest BCUT2D eigenvalue weighted by molar-refractivity contribution is 5.50. The first-order valence-electron chi connectivity index (χ1n) is 8.09. The lowest BCUT2D eigenvalue weighted by Crippen LogP contribution is -2.48. The topological polar surface area (TPSA) is 46.2 Å². The van der Waals surface area contributed by atoms with Crippen LogP contribution >= 0.6 is 0 Å². The molecule has 2 heteroatoms. The minimum atomic E-state index is -0.144. The van der Waals surface area contributed by atoms with Gasteiger partial charge in [-0.2, -0.15) is 0 Å². The van der Waals surface area contributed by atoms with Crippen LogP contribution in [0.4, 0.5) is 0 Å². The number of phenolic OH excluding ortho intramolecular Hbond substituents is 1. The molecule has 0 bridgehead atoms. The highest BCUT2D eigenvalue weighted by atomic mass is 16.3. The van der Waals surface area contributed by atoms with Crippen molar-refractivity contribution in [2.45, 2.75) is 38.5 Å². The molecular formula is C20H25NO. The van der Waals surface area contributed by atoms with Crippen LogP contribution in [0.1, 0.15) is 43.4 Å². The van der Waals surface area contributed by atoms with Gasteiger partial charge in [-0.15, -0.1) is 0 Å². The average molecular weight is 295 g/mol. The first-order valence-corrected chi connectivity index (χ1v) is 8.09. The Labute approximate surface area is 133 Å². The van der Waals surface area contributed by atoms with Gasteiger partial charge in [-0.1, -0.05) is 50.2 Å². The fourth-order valence-electron chi connectivity index (χ4n) is 4.31. The van der Waals surface area contributed by atoms with Crippen LogP contribution in [0.5, 0.6) is 5.75 Å². The molecule has 22 heavy (non-hydrogen) atoms. The second-order valence-electron chi connectivity index (χ2n) is 7.04. The third kappa shape index (κ3) is 2.14. The maximum Gasteiger partial charge on any atom is 0.115 e. The Morgan fingerprint density at radius 1 is 1.09 bits per heavy atom. The van der Waals surface area contributed by atoms with Crippen molar-refractivity contribution in [2.75, 3.05) is 6.54 Å². The minimum absolute atomic E-state index is 0.0918. The van der Waals surface area contributed by atoms with Gasteiger partial charge in [0.15, 0.2) is 0 Å². The van der Waals surface area contributed by atoms with E-state index in [1.807, 2.05) is 6.07 Å². The molecule has 0 spiro atoms. The molecule has 2 aromatic carbocycles. The molecule has 0 aliphatic heterocycles. The predicted molar refractivity (Wildman–Crippen MR) is 91.1 cm³/mol. The molecule has 116 valence electrons. The lowest BCUT2D eigenvalue weighted by Gasteiger charge is -2.52. The number of nitrogens with two attached hydrogens (primary N) is 1. The third-order valence-corrected chi connectivity index (χ3v) is 5.51. The molecule has 3 rings (SSSR count). The maximum absolute atomic E-state index is 10.1. The van der Waals surface area contributed by atoms with Gasteiger partial charge in [-0.05, 0) is 60.0 Å². The number of aryl methyl sites for hydroxylation is 1. The third-order valence-electron chi connectivity index (χ3n) is 5.51. The van der Waals surface area contributed by atoms with E-state index >= 15 is 0 Å². The summed E-state index contributed by atoms with van der Waals surface area (Å²) in [5, 5.41) is 10.1. The number of rotatable bonds is 3. The zero-order valence-electron chi connectivity index (χ0n) is 13.5. The number of hydrogen-bond donors (Lipinski definition) is 2. The van der Waals surface area contributed by atoms with Crippen molar-refractivity contribution < 1.29 is 5.11 Å². The number of aromatic hydroxyl groups is 1. The summed E-state index contributed by atoms with van der Waals surface area (Å²) in [7, 11) is 0. The second-order valence-corrected chi connectivity index (χ2v) is 7.04. The van der Waals surface area contributed by atoms with Gasteiger partial charge in [0.25, 0.3) is 0 Å². The van der Waals surface area contributed by atoms with Crippen LogP contribution < -0.4 is 5.73 Å². The van der Waals surface area contributed by atoms with E-state index in [-0.39, 0.29) is 10.8 Å². The summed E-state index contributed by atoms with van der Waals surface area (Å²) in [5.74, 6) is 0.341. The van der Waals surface area contributed by atoms with Crippen LogP contribution in [0.25, 0.3) is 0 Å². The number of fused-ring (bicyclic) bond motifs is 1. The lowest BCUT2D eigenvalue weighted by atomic mass is 9.51. The molecule has 0 aromatic heterocycles. The summed E-state index contributed by atoms with van der Waals surface area (Å²) < 4.78 is 0. The zero-order valence-corrected chi connectivity index (χ0v) is 13.5. The first-order chi connectivity index (χ1) is 10.5. The molecule has 0 fully saturated rings. The van der Waals surface area contributed by atoms with E-state index in [1.54, 1.807) is 6.07 Å². The SMILES string of the molecule is CC1(C)CCc2ccc(O)cc2C1(CCN)c1ccccc1. The number of benzene rings is 2. The van der Waals surface area contributed by atoms with E-state index in [0.29, 0.717) is 12.3 Å². The Kier molecular flexibility index (Phi) is 3.73. The van der Waals surface area contributed by atoms with Gasteiger partial charge >= 0.3 is 0 Å². The molecule has 3 N–H and O–H groups in total. The van der Waals surface area contributed by atoms with E-state index < -0.39 is 0 Å². The molecular weight excluding hydrogens is 270 g/mol. The molecule has 0 radical (unpaired) electrons. The molecule has 2 nitrogen and oxygen atoms in total. The van der Waals surface area contributed by atoms with Crippen LogP contribution in [-0.2, 0) is 11.8 Å². The fraction of sp³-hybridized carbons (Fsp3) is 0.400. The molecule has 0 heterocycles. The summed E-state index contributed by atoms with van der Waals surface area (Å²) >= 11 is 0. The van der Waals surface area contributed by atoms with Gasteiger partial charge in [-0.3, -0.25) is 0 Å². The van der Waals surface area contributed by atoms with E-state index in [1.165, 1.54) is 16.7 Å². The standard InChI is InChI=1S/C20H25NO/c1-19(2)11-10-15-8-9-17(22)14-18(15)20(19,12-13-21)16-6-4-3-5-7-16/h3-9,14,22H,10-13,21H2,1-2H3. The second kappa shape index (κ2) is 5.44. The Bertz CT molecular complexity index is 663. The zero-order chi connectivity index (χ0) is 15.8. The molecule has 0 saturated carbocycles. The van der Waals surface area contributed by atoms with E-state index in [9.17, 15) is 5.11 Å². The Morgan fingerprint density at radius 2 is 1.82 bits per heavy atom. The minimum Gasteiger partial charge on any atom is -0.508 e. The fourth-order valence-corrected chi connectivity index (χ4v) is 4.31. The number of hydrogen-bond acceptors (Lipinski definition) is 2. The van der Waals surface area contributed by atoms with Gasteiger partial charge in [0.1, 0.15) is 5.75 Å². The highest BCUT2D eigenvalue weighted by Crippen LogP contribution is 2.56. The maximum atomic E-state index is 10.1. The quantitative estimate of drug-likeness (QED) is 0.899. The van der Waals surface area contributed by atoms with Crippen LogP contribution in [-0.4, -0.2) is 11.7 Å². The van der Waals surface area contributed by atoms with Crippen molar-refractivity contribution in [2.24, 2.45) is 11.1 Å². The highest BCUT2D eigenvalue weighted by Gasteiger charge is 2.50. The van der Waals surface area contributed by atoms with Gasteiger partial charge in [0.2, 0.25) is 0 Å². The van der Waals surface area contributed by atoms with Crippen molar-refractivity contribution >= 4 is 0 Å². The van der Waals surface area contributed by atoms with Gasteiger partial charge in [-0.25, -0.2) is 0 Å². The van der Waals surface area contributed by atoms with E-state index in [4.69, 9.17) is 5.73 Å². The first kappa shape index (κ1) is 15.1. The Balaban J connectivity index is 2.33. The monoisotopic (exact) mass is 295 g/mol. The van der Waals surface area contributed by atoms with E-state index in [2.05, 4.69) is 50.2 Å². The summed E-state index contributed by atoms with van der Waals surface area (Å²) in [6, 6.07) is 16.5. The summed E-state index contributed by atoms with van der Waals surface area (Å²) in [6.45, 7) is 5.30. The van der Waals surface area contributed by atoms with Crippen molar-refractivity contribution in [1.29, 1.82) is 0 Å². The number of phenols is 1. The normalized spacial score (nSPS) is 23.0. The van der Waals surface area contributed by atoms with E-state index in [0.717, 1.165) is 19.3 Å². The molecule has 1 atom stereocenters. The molecule has 1 aliphatic rings. The molecule has 2 aromatic rings. The predicted octanol–water partition coefficient (Wildman–Crippen LogP) is 4.00. The molecule has 0 amide bonds. The summed E-state index contributed by atoms with van der Waals surface area (Å²) in [4.78, 5) is 0. The van der Waals surface area contributed by atoms with Crippen LogP contribution in [0.3, 0.4) is 0 Å². The average Bonchev–Trinajstić information content (AvgIpc) is 2.51. The largest absolute Gasteiger partial charge is 0.508 e. The van der Waals surface area contributed by atoms with Gasteiger partial charge in [0, 0.05) is 5.41 Å². The Hall–Kier alpha value is -1.80. The van der Waals surface area contributed by atoms with Crippen molar-refractivity contribution in [3.63, 3.8) is 0 Å². The van der Waals surface area contributed by atoms with Gasteiger partial charge < -0.3 is 10.8 Å². The smallest absolute Gasteiger partial charge is 0.115 e. The van der Waals surface area contributed by atoms with Crippen molar-refractivity contribution in [3.8, 4) is 5.75 Å². The molecule has 1 unspecified atom stereocenters. The van der Waals surface area contributed by atoms with Crippen LogP contribution in [0, 0.1) is 5.41 Å². The van der Waals surface area contributed by atoms with Crippen LogP contribution in [0.2, 0.25) is 0 Å². The van der Waals surface area contributed by atoms with Gasteiger partial charge in [0.05, 0.1) is 0 Å². The summed E-state index contributed by atoms with van der Waals surface area (Å²) in [5.41, 5.74) is 9.88.